The van der Waals surface area contributed by atoms with Gasteiger partial charge in [0, 0.05) is 21.5 Å². The van der Waals surface area contributed by atoms with Gasteiger partial charge in [-0.2, -0.15) is 0 Å². The topological polar surface area (TPSA) is 109 Å². The predicted octanol–water partition coefficient (Wildman–Crippen LogP) is 3.26. The maximum atomic E-state index is 12.7. The lowest BCUT2D eigenvalue weighted by molar-refractivity contribution is 0.102. The van der Waals surface area contributed by atoms with Gasteiger partial charge in [-0.15, -0.1) is 5.10 Å². The first kappa shape index (κ1) is 16.1. The summed E-state index contributed by atoms with van der Waals surface area (Å²) in [5, 5.41) is 17.8. The molecule has 2 aromatic carbocycles. The van der Waals surface area contributed by atoms with Gasteiger partial charge in [0.2, 0.25) is 0 Å². The Kier molecular flexibility index (Phi) is 4.02. The van der Waals surface area contributed by atoms with Crippen LogP contribution in [0.4, 0.5) is 5.69 Å². The van der Waals surface area contributed by atoms with E-state index in [2.05, 4.69) is 30.9 Å². The summed E-state index contributed by atoms with van der Waals surface area (Å²) in [4.78, 5) is 15.8. The van der Waals surface area contributed by atoms with Crippen molar-refractivity contribution >= 4 is 34.1 Å². The van der Waals surface area contributed by atoms with Crippen molar-refractivity contribution in [2.75, 3.05) is 12.4 Å². The summed E-state index contributed by atoms with van der Waals surface area (Å²) in [7, 11) is 1.59. The summed E-state index contributed by atoms with van der Waals surface area (Å²) < 4.78 is 5.33. The fourth-order valence-corrected chi connectivity index (χ4v) is 2.88. The maximum absolute atomic E-state index is 12.7. The molecular weight excluding hydrogens is 356 g/mol. The molecule has 0 radical (unpaired) electrons. The van der Waals surface area contributed by atoms with E-state index in [0.717, 1.165) is 10.9 Å². The van der Waals surface area contributed by atoms with Gasteiger partial charge in [-0.1, -0.05) is 17.7 Å². The lowest BCUT2D eigenvalue weighted by Gasteiger charge is -2.08. The molecule has 9 heteroatoms. The summed E-state index contributed by atoms with van der Waals surface area (Å²) in [6.45, 7) is 0. The van der Waals surface area contributed by atoms with Crippen LogP contribution in [0.3, 0.4) is 0 Å². The molecule has 130 valence electrons. The van der Waals surface area contributed by atoms with E-state index in [1.807, 2.05) is 18.2 Å². The summed E-state index contributed by atoms with van der Waals surface area (Å²) in [6.07, 6.45) is 0. The average molecular weight is 369 g/mol. The van der Waals surface area contributed by atoms with Crippen LogP contribution in [0.2, 0.25) is 5.02 Å². The fourth-order valence-electron chi connectivity index (χ4n) is 2.71. The summed E-state index contributed by atoms with van der Waals surface area (Å²) in [5.74, 6) is 0.790. The number of nitrogens with zero attached hydrogens (tertiary/aromatic N) is 3. The highest BCUT2D eigenvalue weighted by Crippen LogP contribution is 2.30. The van der Waals surface area contributed by atoms with Crippen LogP contribution < -0.4 is 10.1 Å². The van der Waals surface area contributed by atoms with Crippen LogP contribution in [0.1, 0.15) is 10.5 Å². The highest BCUT2D eigenvalue weighted by molar-refractivity contribution is 6.31. The van der Waals surface area contributed by atoms with Gasteiger partial charge in [0.15, 0.2) is 5.82 Å². The number of hydrogen-bond acceptors (Lipinski definition) is 5. The Labute approximate surface area is 152 Å². The van der Waals surface area contributed by atoms with Crippen LogP contribution in [0, 0.1) is 0 Å². The Bertz CT molecular complexity index is 1090. The van der Waals surface area contributed by atoms with Gasteiger partial charge in [0.05, 0.1) is 12.8 Å². The highest BCUT2D eigenvalue weighted by Gasteiger charge is 2.16. The molecule has 4 rings (SSSR count). The molecule has 3 N–H and O–H groups in total. The van der Waals surface area contributed by atoms with E-state index in [-0.39, 0.29) is 5.91 Å². The molecule has 0 aliphatic heterocycles. The molecule has 0 saturated heterocycles. The van der Waals surface area contributed by atoms with E-state index in [1.54, 1.807) is 31.4 Å². The Balaban J connectivity index is 1.69. The first-order valence-corrected chi connectivity index (χ1v) is 8.04. The van der Waals surface area contributed by atoms with Gasteiger partial charge in [-0.05, 0) is 46.8 Å². The third kappa shape index (κ3) is 2.86. The number of methoxy groups -OCH3 is 1. The van der Waals surface area contributed by atoms with Crippen molar-refractivity contribution in [2.24, 2.45) is 0 Å². The molecule has 0 aliphatic rings. The zero-order valence-corrected chi connectivity index (χ0v) is 14.3. The zero-order valence-electron chi connectivity index (χ0n) is 13.6. The molecule has 0 saturated carbocycles. The van der Waals surface area contributed by atoms with E-state index in [4.69, 9.17) is 16.3 Å². The number of aromatic nitrogens is 5. The standard InChI is InChI=1S/C17H13ClN6O2/c1-26-15-4-2-3-12-10(15)8-14(19-12)17(25)20-13-6-5-9(18)7-11(13)16-21-23-24-22-16/h2-8,19H,1H3,(H,20,25)(H,21,22,23,24). The minimum absolute atomic E-state index is 0.306. The molecule has 8 nitrogen and oxygen atoms in total. The molecule has 4 aromatic rings. The lowest BCUT2D eigenvalue weighted by atomic mass is 10.1. The minimum atomic E-state index is -0.306. The van der Waals surface area contributed by atoms with Crippen molar-refractivity contribution in [3.05, 3.63) is 53.2 Å². The van der Waals surface area contributed by atoms with Gasteiger partial charge in [0.25, 0.3) is 5.91 Å². The van der Waals surface area contributed by atoms with Crippen molar-refractivity contribution in [1.29, 1.82) is 0 Å². The first-order chi connectivity index (χ1) is 12.7. The van der Waals surface area contributed by atoms with Crippen molar-refractivity contribution in [1.82, 2.24) is 25.6 Å². The number of H-pyrrole nitrogens is 2. The summed E-state index contributed by atoms with van der Waals surface area (Å²) in [6, 6.07) is 12.4. The largest absolute Gasteiger partial charge is 0.496 e. The molecule has 0 bridgehead atoms. The number of carbonyl (C=O) groups excluding carboxylic acids is 1. The van der Waals surface area contributed by atoms with Crippen LogP contribution in [0.25, 0.3) is 22.3 Å². The van der Waals surface area contributed by atoms with Gasteiger partial charge in [-0.3, -0.25) is 4.79 Å². The molecule has 0 spiro atoms. The van der Waals surface area contributed by atoms with Crippen LogP contribution in [0.15, 0.2) is 42.5 Å². The maximum Gasteiger partial charge on any atom is 0.272 e. The molecule has 0 fully saturated rings. The van der Waals surface area contributed by atoms with Crippen molar-refractivity contribution in [2.45, 2.75) is 0 Å². The number of ether oxygens (including phenoxy) is 1. The second-order valence-electron chi connectivity index (χ2n) is 5.50. The summed E-state index contributed by atoms with van der Waals surface area (Å²) in [5.41, 5.74) is 2.33. The highest BCUT2D eigenvalue weighted by atomic mass is 35.5. The van der Waals surface area contributed by atoms with Crippen molar-refractivity contribution in [3.8, 4) is 17.1 Å². The van der Waals surface area contributed by atoms with E-state index in [9.17, 15) is 4.79 Å². The molecule has 2 heterocycles. The summed E-state index contributed by atoms with van der Waals surface area (Å²) >= 11 is 6.06. The number of nitrogens with one attached hydrogen (secondary N) is 3. The Hall–Kier alpha value is -3.39. The smallest absolute Gasteiger partial charge is 0.272 e. The number of carbonyl (C=O) groups is 1. The lowest BCUT2D eigenvalue weighted by Crippen LogP contribution is -2.13. The molecule has 1 amide bonds. The predicted molar refractivity (Wildman–Crippen MR) is 97.4 cm³/mol. The second kappa shape index (κ2) is 6.49. The Morgan fingerprint density at radius 1 is 1.23 bits per heavy atom. The van der Waals surface area contributed by atoms with Crippen molar-refractivity contribution < 1.29 is 9.53 Å². The van der Waals surface area contributed by atoms with Crippen LogP contribution in [-0.4, -0.2) is 38.6 Å². The SMILES string of the molecule is COc1cccc2[nH]c(C(=O)Nc3ccc(Cl)cc3-c3nnn[nH]3)cc12. The van der Waals surface area contributed by atoms with Gasteiger partial charge in [0.1, 0.15) is 11.4 Å². The van der Waals surface area contributed by atoms with Crippen LogP contribution in [-0.2, 0) is 0 Å². The van der Waals surface area contributed by atoms with E-state index in [0.29, 0.717) is 33.5 Å². The molecule has 0 unspecified atom stereocenters. The number of amides is 1. The number of rotatable bonds is 4. The Morgan fingerprint density at radius 2 is 2.12 bits per heavy atom. The number of hydrogen-bond donors (Lipinski definition) is 3. The van der Waals surface area contributed by atoms with Gasteiger partial charge in [-0.25, -0.2) is 5.10 Å². The number of aromatic amines is 2. The number of fused-ring (bicyclic) bond motifs is 1. The first-order valence-electron chi connectivity index (χ1n) is 7.66. The van der Waals surface area contributed by atoms with Crippen LogP contribution in [0.5, 0.6) is 5.75 Å². The minimum Gasteiger partial charge on any atom is -0.496 e. The van der Waals surface area contributed by atoms with E-state index < -0.39 is 0 Å². The number of anilines is 1. The normalized spacial score (nSPS) is 10.8. The Morgan fingerprint density at radius 3 is 2.88 bits per heavy atom. The van der Waals surface area contributed by atoms with E-state index >= 15 is 0 Å². The monoisotopic (exact) mass is 368 g/mol. The molecule has 0 atom stereocenters. The van der Waals surface area contributed by atoms with Crippen molar-refractivity contribution in [3.63, 3.8) is 0 Å². The average Bonchev–Trinajstić information content (AvgIpc) is 3.32. The van der Waals surface area contributed by atoms with Gasteiger partial charge < -0.3 is 15.0 Å². The third-order valence-corrected chi connectivity index (χ3v) is 4.15. The van der Waals surface area contributed by atoms with Crippen LogP contribution >= 0.6 is 11.6 Å². The number of halogens is 1. The number of benzene rings is 2. The van der Waals surface area contributed by atoms with E-state index in [1.165, 1.54) is 0 Å². The molecule has 26 heavy (non-hydrogen) atoms. The van der Waals surface area contributed by atoms with Gasteiger partial charge >= 0.3 is 0 Å². The zero-order chi connectivity index (χ0) is 18.1. The molecule has 2 aromatic heterocycles. The molecular formula is C17H13ClN6O2. The number of tetrazole rings is 1. The second-order valence-corrected chi connectivity index (χ2v) is 5.93. The molecule has 0 aliphatic carbocycles. The fraction of sp³-hybridized carbons (Fsp3) is 0.0588. The third-order valence-electron chi connectivity index (χ3n) is 3.92. The quantitative estimate of drug-likeness (QED) is 0.512.